The van der Waals surface area contributed by atoms with Crippen molar-refractivity contribution in [1.29, 1.82) is 0 Å². The minimum Gasteiger partial charge on any atom is -0.444 e. The van der Waals surface area contributed by atoms with Crippen molar-refractivity contribution in [2.75, 3.05) is 25.5 Å². The van der Waals surface area contributed by atoms with E-state index in [0.717, 1.165) is 34.6 Å². The van der Waals surface area contributed by atoms with E-state index < -0.39 is 0 Å². The minimum absolute atomic E-state index is 0.522. The highest BCUT2D eigenvalue weighted by Gasteiger charge is 2.08. The quantitative estimate of drug-likeness (QED) is 0.481. The van der Waals surface area contributed by atoms with Gasteiger partial charge in [-0.25, -0.2) is 15.0 Å². The van der Waals surface area contributed by atoms with Crippen LogP contribution >= 0.6 is 11.3 Å². The van der Waals surface area contributed by atoms with E-state index in [0.29, 0.717) is 19.0 Å². The summed E-state index contributed by atoms with van der Waals surface area (Å²) in [5, 5.41) is 9.53. The third-order valence-electron chi connectivity index (χ3n) is 3.68. The lowest BCUT2D eigenvalue weighted by molar-refractivity contribution is 0.572. The van der Waals surface area contributed by atoms with Crippen LogP contribution in [0.2, 0.25) is 0 Å². The van der Waals surface area contributed by atoms with Gasteiger partial charge < -0.3 is 20.0 Å². The lowest BCUT2D eigenvalue weighted by Crippen LogP contribution is -2.36. The van der Waals surface area contributed by atoms with E-state index in [1.807, 2.05) is 61.6 Å². The van der Waals surface area contributed by atoms with Gasteiger partial charge in [0.15, 0.2) is 11.1 Å². The van der Waals surface area contributed by atoms with Crippen molar-refractivity contribution in [3.63, 3.8) is 0 Å². The number of thiazole rings is 1. The van der Waals surface area contributed by atoms with E-state index in [1.54, 1.807) is 17.6 Å². The lowest BCUT2D eigenvalue weighted by atomic mass is 10.2. The van der Waals surface area contributed by atoms with Gasteiger partial charge in [0.25, 0.3) is 0 Å². The van der Waals surface area contributed by atoms with Gasteiger partial charge in [-0.3, -0.25) is 0 Å². The smallest absolute Gasteiger partial charge is 0.226 e. The predicted octanol–water partition coefficient (Wildman–Crippen LogP) is 3.12. The lowest BCUT2D eigenvalue weighted by Gasteiger charge is -2.09. The van der Waals surface area contributed by atoms with E-state index in [2.05, 4.69) is 25.6 Å². The van der Waals surface area contributed by atoms with Crippen molar-refractivity contribution in [3.8, 4) is 11.5 Å². The Hall–Kier alpha value is -2.87. The summed E-state index contributed by atoms with van der Waals surface area (Å²) < 4.78 is 5.57. The maximum Gasteiger partial charge on any atom is 0.226 e. The van der Waals surface area contributed by atoms with Gasteiger partial charge in [0, 0.05) is 31.6 Å². The first-order valence-corrected chi connectivity index (χ1v) is 9.67. The van der Waals surface area contributed by atoms with Crippen molar-refractivity contribution in [3.05, 3.63) is 53.4 Å². The van der Waals surface area contributed by atoms with Gasteiger partial charge in [-0.05, 0) is 19.1 Å². The third kappa shape index (κ3) is 5.30. The van der Waals surface area contributed by atoms with Gasteiger partial charge in [-0.2, -0.15) is 0 Å². The number of anilines is 1. The third-order valence-corrected chi connectivity index (χ3v) is 4.73. The number of rotatable bonds is 7. The molecule has 0 bridgehead atoms. The van der Waals surface area contributed by atoms with Crippen LogP contribution in [0.1, 0.15) is 18.3 Å². The number of nitrogens with zero attached hydrogens (tertiary/aromatic N) is 4. The first-order chi connectivity index (χ1) is 13.2. The number of hydrogen-bond acceptors (Lipinski definition) is 6. The highest BCUT2D eigenvalue weighted by molar-refractivity contribution is 7.13. The van der Waals surface area contributed by atoms with Gasteiger partial charge in [0.1, 0.15) is 6.26 Å². The number of aromatic nitrogens is 2. The molecule has 27 heavy (non-hydrogen) atoms. The van der Waals surface area contributed by atoms with Crippen molar-refractivity contribution < 1.29 is 4.42 Å². The van der Waals surface area contributed by atoms with E-state index >= 15 is 0 Å². The molecule has 2 aromatic heterocycles. The van der Waals surface area contributed by atoms with Crippen LogP contribution in [0.4, 0.5) is 5.13 Å². The number of guanidine groups is 1. The molecule has 0 saturated heterocycles. The molecule has 142 valence electrons. The van der Waals surface area contributed by atoms with Crippen LogP contribution in [0.5, 0.6) is 0 Å². The first kappa shape index (κ1) is 18.9. The molecule has 7 nitrogen and oxygen atoms in total. The molecule has 1 aromatic carbocycles. The van der Waals surface area contributed by atoms with Crippen molar-refractivity contribution >= 4 is 22.4 Å². The van der Waals surface area contributed by atoms with Crippen molar-refractivity contribution in [2.24, 2.45) is 4.99 Å². The maximum absolute atomic E-state index is 5.57. The molecule has 0 atom stereocenters. The van der Waals surface area contributed by atoms with Crippen LogP contribution in [0.15, 0.2) is 51.4 Å². The summed E-state index contributed by atoms with van der Waals surface area (Å²) in [6.07, 6.45) is 1.67. The molecular weight excluding hydrogens is 360 g/mol. The van der Waals surface area contributed by atoms with E-state index in [1.165, 1.54) is 0 Å². The number of aliphatic imine (C=N–C) groups is 1. The van der Waals surface area contributed by atoms with Crippen LogP contribution in [0.25, 0.3) is 11.5 Å². The molecule has 0 aliphatic heterocycles. The second kappa shape index (κ2) is 9.18. The standard InChI is InChI=1S/C19H24N6OS/c1-4-20-18(22-11-16-13-27-19(24-16)25(2)3)21-10-15-12-26-17(23-15)14-8-6-5-7-9-14/h5-9,12-13H,4,10-11H2,1-3H3,(H2,20,21,22). The Morgan fingerprint density at radius 1 is 1.15 bits per heavy atom. The van der Waals surface area contributed by atoms with Crippen LogP contribution in [-0.2, 0) is 13.1 Å². The highest BCUT2D eigenvalue weighted by atomic mass is 32.1. The van der Waals surface area contributed by atoms with E-state index in [9.17, 15) is 0 Å². The Labute approximate surface area is 163 Å². The Bertz CT molecular complexity index is 871. The zero-order valence-corrected chi connectivity index (χ0v) is 16.6. The summed E-state index contributed by atoms with van der Waals surface area (Å²) in [5.41, 5.74) is 2.74. The molecule has 0 aliphatic rings. The summed E-state index contributed by atoms with van der Waals surface area (Å²) >= 11 is 1.62. The molecule has 3 aromatic rings. The van der Waals surface area contributed by atoms with Crippen molar-refractivity contribution in [1.82, 2.24) is 20.6 Å². The number of oxazole rings is 1. The molecule has 0 aliphatic carbocycles. The zero-order chi connectivity index (χ0) is 19.1. The second-order valence-corrected chi connectivity index (χ2v) is 6.91. The van der Waals surface area contributed by atoms with Crippen LogP contribution < -0.4 is 15.5 Å². The fourth-order valence-electron chi connectivity index (χ4n) is 2.35. The molecule has 2 N–H and O–H groups in total. The number of hydrogen-bond donors (Lipinski definition) is 2. The van der Waals surface area contributed by atoms with Crippen LogP contribution in [0.3, 0.4) is 0 Å². The molecule has 0 unspecified atom stereocenters. The van der Waals surface area contributed by atoms with E-state index in [-0.39, 0.29) is 0 Å². The molecule has 0 spiro atoms. The van der Waals surface area contributed by atoms with Gasteiger partial charge in [0.05, 0.1) is 24.5 Å². The summed E-state index contributed by atoms with van der Waals surface area (Å²) in [6.45, 7) is 3.86. The highest BCUT2D eigenvalue weighted by Crippen LogP contribution is 2.19. The van der Waals surface area contributed by atoms with Gasteiger partial charge in [-0.1, -0.05) is 18.2 Å². The molecule has 8 heteroatoms. The average molecular weight is 385 g/mol. The normalized spacial score (nSPS) is 11.4. The molecule has 0 fully saturated rings. The fourth-order valence-corrected chi connectivity index (χ4v) is 3.10. The Morgan fingerprint density at radius 3 is 2.67 bits per heavy atom. The number of nitrogens with one attached hydrogen (secondary N) is 2. The summed E-state index contributed by atoms with van der Waals surface area (Å²) in [5.74, 6) is 1.34. The maximum atomic E-state index is 5.57. The molecular formula is C19H24N6OS. The molecule has 2 heterocycles. The van der Waals surface area contributed by atoms with Crippen LogP contribution in [0, 0.1) is 0 Å². The molecule has 3 rings (SSSR count). The average Bonchev–Trinajstić information content (AvgIpc) is 3.34. The Morgan fingerprint density at radius 2 is 1.96 bits per heavy atom. The van der Waals surface area contributed by atoms with E-state index in [4.69, 9.17) is 4.42 Å². The number of benzene rings is 1. The first-order valence-electron chi connectivity index (χ1n) is 8.79. The monoisotopic (exact) mass is 384 g/mol. The zero-order valence-electron chi connectivity index (χ0n) is 15.8. The summed E-state index contributed by atoms with van der Waals surface area (Å²) in [6, 6.07) is 9.86. The van der Waals surface area contributed by atoms with Gasteiger partial charge in [0.2, 0.25) is 5.89 Å². The summed E-state index contributed by atoms with van der Waals surface area (Å²) in [4.78, 5) is 15.7. The topological polar surface area (TPSA) is 78.6 Å². The SMILES string of the molecule is CCNC(=NCc1csc(N(C)C)n1)NCc1coc(-c2ccccc2)n1. The molecule has 0 amide bonds. The summed E-state index contributed by atoms with van der Waals surface area (Å²) in [7, 11) is 3.97. The molecule has 0 saturated carbocycles. The Kier molecular flexibility index (Phi) is 6.43. The fraction of sp³-hybridized carbons (Fsp3) is 0.316. The molecule has 0 radical (unpaired) electrons. The van der Waals surface area contributed by atoms with Gasteiger partial charge in [-0.15, -0.1) is 11.3 Å². The van der Waals surface area contributed by atoms with Gasteiger partial charge >= 0.3 is 0 Å². The minimum atomic E-state index is 0.522. The Balaban J connectivity index is 1.60. The van der Waals surface area contributed by atoms with Crippen LogP contribution in [-0.4, -0.2) is 36.6 Å². The predicted molar refractivity (Wildman–Crippen MR) is 110 cm³/mol. The largest absolute Gasteiger partial charge is 0.444 e. The second-order valence-electron chi connectivity index (χ2n) is 6.07. The van der Waals surface area contributed by atoms with Crippen molar-refractivity contribution in [2.45, 2.75) is 20.0 Å².